The lowest BCUT2D eigenvalue weighted by Gasteiger charge is -2.19. The summed E-state index contributed by atoms with van der Waals surface area (Å²) in [6, 6.07) is 7.82. The molecule has 1 saturated heterocycles. The van der Waals surface area contributed by atoms with Gasteiger partial charge in [-0.05, 0) is 32.0 Å². The SMILES string of the molecule is CCN(CC)CCOc1ccccc1CNC(=O)[C@@H]1CC[C@H](CN)O1.Cl.Cl. The highest BCUT2D eigenvalue weighted by molar-refractivity contribution is 5.85. The number of rotatable bonds is 10. The molecule has 8 heteroatoms. The molecule has 156 valence electrons. The van der Waals surface area contributed by atoms with Crippen LogP contribution in [0.5, 0.6) is 5.75 Å². The Balaban J connectivity index is 0.00000338. The van der Waals surface area contributed by atoms with Crippen molar-refractivity contribution in [3.8, 4) is 5.75 Å². The predicted molar refractivity (Wildman–Crippen MR) is 113 cm³/mol. The maximum Gasteiger partial charge on any atom is 0.249 e. The Kier molecular flexibility index (Phi) is 13.5. The van der Waals surface area contributed by atoms with Gasteiger partial charge in [0.05, 0.1) is 6.10 Å². The molecule has 2 atom stereocenters. The third kappa shape index (κ3) is 8.23. The number of nitrogens with one attached hydrogen (secondary N) is 1. The number of para-hydroxylation sites is 1. The summed E-state index contributed by atoms with van der Waals surface area (Å²) in [7, 11) is 0. The van der Waals surface area contributed by atoms with Gasteiger partial charge in [-0.25, -0.2) is 0 Å². The van der Waals surface area contributed by atoms with E-state index < -0.39 is 0 Å². The quantitative estimate of drug-likeness (QED) is 0.606. The Morgan fingerprint density at radius 1 is 1.26 bits per heavy atom. The van der Waals surface area contributed by atoms with Gasteiger partial charge in [0.25, 0.3) is 0 Å². The second-order valence-corrected chi connectivity index (χ2v) is 6.26. The number of carbonyl (C=O) groups is 1. The van der Waals surface area contributed by atoms with Crippen LogP contribution in [-0.4, -0.2) is 55.8 Å². The Morgan fingerprint density at radius 3 is 2.59 bits per heavy atom. The first-order chi connectivity index (χ1) is 12.2. The van der Waals surface area contributed by atoms with E-state index in [9.17, 15) is 4.79 Å². The number of carbonyl (C=O) groups excluding carboxylic acids is 1. The van der Waals surface area contributed by atoms with Gasteiger partial charge in [-0.3, -0.25) is 4.79 Å². The second-order valence-electron chi connectivity index (χ2n) is 6.26. The van der Waals surface area contributed by atoms with E-state index >= 15 is 0 Å². The normalized spacial score (nSPS) is 18.5. The first-order valence-corrected chi connectivity index (χ1v) is 9.24. The molecule has 0 aromatic heterocycles. The van der Waals surface area contributed by atoms with E-state index in [4.69, 9.17) is 15.2 Å². The zero-order valence-electron chi connectivity index (χ0n) is 16.2. The van der Waals surface area contributed by atoms with Gasteiger partial charge >= 0.3 is 0 Å². The van der Waals surface area contributed by atoms with Crippen LogP contribution in [-0.2, 0) is 16.1 Å². The largest absolute Gasteiger partial charge is 0.492 e. The van der Waals surface area contributed by atoms with Gasteiger partial charge in [0.1, 0.15) is 18.5 Å². The average molecular weight is 422 g/mol. The van der Waals surface area contributed by atoms with E-state index in [2.05, 4.69) is 24.1 Å². The van der Waals surface area contributed by atoms with E-state index in [1.165, 1.54) is 0 Å². The summed E-state index contributed by atoms with van der Waals surface area (Å²) >= 11 is 0. The van der Waals surface area contributed by atoms with Crippen LogP contribution >= 0.6 is 24.8 Å². The van der Waals surface area contributed by atoms with Crippen molar-refractivity contribution in [2.45, 2.75) is 45.4 Å². The van der Waals surface area contributed by atoms with E-state index in [1.54, 1.807) is 0 Å². The summed E-state index contributed by atoms with van der Waals surface area (Å²) in [6.07, 6.45) is 1.20. The number of hydrogen-bond acceptors (Lipinski definition) is 5. The molecule has 1 aliphatic rings. The predicted octanol–water partition coefficient (Wildman–Crippen LogP) is 2.37. The number of ether oxygens (including phenoxy) is 2. The third-order valence-electron chi connectivity index (χ3n) is 4.65. The van der Waals surface area contributed by atoms with Crippen LogP contribution in [0.15, 0.2) is 24.3 Å². The Bertz CT molecular complexity index is 545. The number of nitrogens with two attached hydrogens (primary N) is 1. The lowest BCUT2D eigenvalue weighted by molar-refractivity contribution is -0.132. The zero-order valence-corrected chi connectivity index (χ0v) is 17.8. The monoisotopic (exact) mass is 421 g/mol. The van der Waals surface area contributed by atoms with Crippen LogP contribution in [0.25, 0.3) is 0 Å². The average Bonchev–Trinajstić information content (AvgIpc) is 3.13. The van der Waals surface area contributed by atoms with Crippen LogP contribution < -0.4 is 15.8 Å². The van der Waals surface area contributed by atoms with E-state index in [-0.39, 0.29) is 42.9 Å². The highest BCUT2D eigenvalue weighted by Crippen LogP contribution is 2.20. The van der Waals surface area contributed by atoms with Gasteiger partial charge in [0.15, 0.2) is 0 Å². The summed E-state index contributed by atoms with van der Waals surface area (Å²) in [6.45, 7) is 8.76. The van der Waals surface area contributed by atoms with Crippen molar-refractivity contribution in [3.05, 3.63) is 29.8 Å². The van der Waals surface area contributed by atoms with Crippen molar-refractivity contribution < 1.29 is 14.3 Å². The minimum absolute atomic E-state index is 0. The van der Waals surface area contributed by atoms with Crippen LogP contribution in [0.1, 0.15) is 32.3 Å². The number of halogens is 2. The molecule has 1 fully saturated rings. The standard InChI is InChI=1S/C19H31N3O3.2ClH/c1-3-22(4-2)11-12-24-17-8-6-5-7-15(17)14-21-19(23)18-10-9-16(13-20)25-18;;/h5-8,16,18H,3-4,9-14,20H2,1-2H3,(H,21,23);2*1H/t16-,18+;;/m1../s1. The zero-order chi connectivity index (χ0) is 18.1. The molecule has 1 aliphatic heterocycles. The van der Waals surface area contributed by atoms with Crippen LogP contribution in [0, 0.1) is 0 Å². The number of nitrogens with zero attached hydrogens (tertiary/aromatic N) is 1. The van der Waals surface area contributed by atoms with E-state index in [0.29, 0.717) is 19.7 Å². The second kappa shape index (κ2) is 14.0. The van der Waals surface area contributed by atoms with E-state index in [1.807, 2.05) is 24.3 Å². The maximum atomic E-state index is 12.2. The molecular weight excluding hydrogens is 389 g/mol. The van der Waals surface area contributed by atoms with Crippen molar-refractivity contribution in [2.24, 2.45) is 5.73 Å². The maximum absolute atomic E-state index is 12.2. The third-order valence-corrected chi connectivity index (χ3v) is 4.65. The molecule has 6 nitrogen and oxygen atoms in total. The molecule has 0 unspecified atom stereocenters. The smallest absolute Gasteiger partial charge is 0.249 e. The summed E-state index contributed by atoms with van der Waals surface area (Å²) < 4.78 is 11.6. The summed E-state index contributed by atoms with van der Waals surface area (Å²) in [5.74, 6) is 0.746. The number of hydrogen-bond donors (Lipinski definition) is 2. The van der Waals surface area contributed by atoms with Crippen LogP contribution in [0.2, 0.25) is 0 Å². The minimum atomic E-state index is -0.385. The molecule has 1 aromatic rings. The van der Waals surface area contributed by atoms with Crippen LogP contribution in [0.3, 0.4) is 0 Å². The highest BCUT2D eigenvalue weighted by Gasteiger charge is 2.29. The first-order valence-electron chi connectivity index (χ1n) is 9.24. The first kappa shape index (κ1) is 26.0. The van der Waals surface area contributed by atoms with Crippen molar-refractivity contribution in [1.29, 1.82) is 0 Å². The highest BCUT2D eigenvalue weighted by atomic mass is 35.5. The fourth-order valence-corrected chi connectivity index (χ4v) is 2.98. The summed E-state index contributed by atoms with van der Waals surface area (Å²) in [5, 5.41) is 2.95. The molecular formula is C19H33Cl2N3O3. The molecule has 27 heavy (non-hydrogen) atoms. The van der Waals surface area contributed by atoms with Gasteiger partial charge in [-0.2, -0.15) is 0 Å². The van der Waals surface area contributed by atoms with Gasteiger partial charge in [-0.1, -0.05) is 32.0 Å². The molecule has 3 N–H and O–H groups in total. The van der Waals surface area contributed by atoms with E-state index in [0.717, 1.165) is 43.8 Å². The Morgan fingerprint density at radius 2 is 1.96 bits per heavy atom. The van der Waals surface area contributed by atoms with Gasteiger partial charge in [0, 0.05) is 25.2 Å². The molecule has 0 spiro atoms. The van der Waals surface area contributed by atoms with Gasteiger partial charge in [-0.15, -0.1) is 24.8 Å². The van der Waals surface area contributed by atoms with Crippen molar-refractivity contribution in [3.63, 3.8) is 0 Å². The fourth-order valence-electron chi connectivity index (χ4n) is 2.98. The van der Waals surface area contributed by atoms with Crippen molar-refractivity contribution >= 4 is 30.7 Å². The number of benzene rings is 1. The number of amides is 1. The Labute approximate surface area is 175 Å². The topological polar surface area (TPSA) is 76.8 Å². The Hall–Kier alpha value is -1.05. The lowest BCUT2D eigenvalue weighted by atomic mass is 10.1. The van der Waals surface area contributed by atoms with Crippen molar-refractivity contribution in [1.82, 2.24) is 10.2 Å². The lowest BCUT2D eigenvalue weighted by Crippen LogP contribution is -2.35. The molecule has 1 amide bonds. The van der Waals surface area contributed by atoms with Crippen molar-refractivity contribution in [2.75, 3.05) is 32.8 Å². The number of likely N-dealkylation sites (N-methyl/N-ethyl adjacent to an activating group) is 1. The van der Waals surface area contributed by atoms with Gasteiger partial charge < -0.3 is 25.4 Å². The summed E-state index contributed by atoms with van der Waals surface area (Å²) in [5.41, 5.74) is 6.57. The minimum Gasteiger partial charge on any atom is -0.492 e. The molecule has 2 rings (SSSR count). The fraction of sp³-hybridized carbons (Fsp3) is 0.632. The van der Waals surface area contributed by atoms with Gasteiger partial charge in [0.2, 0.25) is 5.91 Å². The molecule has 0 aliphatic carbocycles. The summed E-state index contributed by atoms with van der Waals surface area (Å²) in [4.78, 5) is 14.6. The molecule has 0 radical (unpaired) electrons. The molecule has 0 saturated carbocycles. The molecule has 1 heterocycles. The molecule has 1 aromatic carbocycles. The molecule has 0 bridgehead atoms. The van der Waals surface area contributed by atoms with Crippen LogP contribution in [0.4, 0.5) is 0 Å².